The summed E-state index contributed by atoms with van der Waals surface area (Å²) >= 11 is 0. The van der Waals surface area contributed by atoms with E-state index in [1.54, 1.807) is 24.4 Å². The van der Waals surface area contributed by atoms with Gasteiger partial charge < -0.3 is 15.4 Å². The number of carbonyl (C=O) groups is 2. The molecule has 1 heterocycles. The van der Waals surface area contributed by atoms with Gasteiger partial charge in [-0.15, -0.1) is 0 Å². The van der Waals surface area contributed by atoms with Crippen molar-refractivity contribution in [3.8, 4) is 5.75 Å². The van der Waals surface area contributed by atoms with Crippen LogP contribution in [0.5, 0.6) is 5.75 Å². The summed E-state index contributed by atoms with van der Waals surface area (Å²) in [5.74, 6) is 0.218. The van der Waals surface area contributed by atoms with Gasteiger partial charge in [-0.3, -0.25) is 14.6 Å². The number of rotatable bonds is 7. The molecule has 1 aromatic heterocycles. The lowest BCUT2D eigenvalue weighted by Crippen LogP contribution is -2.29. The SMILES string of the molecule is Cc1ccc(OCC(=O)NCc2ccccc2NC(=O)c2cccnc2)c(C(C)(C)C)c1. The molecule has 0 fully saturated rings. The van der Waals surface area contributed by atoms with Crippen LogP contribution in [-0.2, 0) is 16.8 Å². The van der Waals surface area contributed by atoms with Gasteiger partial charge in [0.2, 0.25) is 0 Å². The van der Waals surface area contributed by atoms with Crippen molar-refractivity contribution in [1.29, 1.82) is 0 Å². The fraction of sp³-hybridized carbons (Fsp3) is 0.269. The second kappa shape index (κ2) is 10.1. The van der Waals surface area contributed by atoms with Crippen molar-refractivity contribution in [2.24, 2.45) is 0 Å². The third-order valence-corrected chi connectivity index (χ3v) is 4.97. The lowest BCUT2D eigenvalue weighted by Gasteiger charge is -2.23. The summed E-state index contributed by atoms with van der Waals surface area (Å²) in [4.78, 5) is 28.9. The Bertz CT molecular complexity index is 1090. The summed E-state index contributed by atoms with van der Waals surface area (Å²) in [6, 6.07) is 16.7. The molecular formula is C26H29N3O3. The van der Waals surface area contributed by atoms with E-state index in [0.29, 0.717) is 17.0 Å². The largest absolute Gasteiger partial charge is 0.483 e. The van der Waals surface area contributed by atoms with Gasteiger partial charge in [0.1, 0.15) is 5.75 Å². The molecule has 0 atom stereocenters. The highest BCUT2D eigenvalue weighted by molar-refractivity contribution is 6.04. The fourth-order valence-electron chi connectivity index (χ4n) is 3.23. The number of anilines is 1. The first kappa shape index (κ1) is 23.0. The van der Waals surface area contributed by atoms with Crippen LogP contribution in [0.2, 0.25) is 0 Å². The van der Waals surface area contributed by atoms with Gasteiger partial charge in [-0.2, -0.15) is 0 Å². The molecule has 0 aliphatic rings. The molecule has 0 spiro atoms. The Balaban J connectivity index is 1.60. The van der Waals surface area contributed by atoms with Crippen molar-refractivity contribution >= 4 is 17.5 Å². The third-order valence-electron chi connectivity index (χ3n) is 4.97. The first-order valence-corrected chi connectivity index (χ1v) is 10.5. The van der Waals surface area contributed by atoms with E-state index in [-0.39, 0.29) is 30.4 Å². The molecule has 0 aliphatic heterocycles. The number of amides is 2. The Morgan fingerprint density at radius 3 is 2.53 bits per heavy atom. The van der Waals surface area contributed by atoms with E-state index in [2.05, 4.69) is 42.5 Å². The van der Waals surface area contributed by atoms with Crippen LogP contribution in [0.4, 0.5) is 5.69 Å². The second-order valence-corrected chi connectivity index (χ2v) is 8.67. The third kappa shape index (κ3) is 6.17. The minimum atomic E-state index is -0.255. The van der Waals surface area contributed by atoms with Crippen molar-refractivity contribution in [1.82, 2.24) is 10.3 Å². The number of benzene rings is 2. The zero-order chi connectivity index (χ0) is 23.1. The molecule has 32 heavy (non-hydrogen) atoms. The van der Waals surface area contributed by atoms with E-state index in [0.717, 1.165) is 16.7 Å². The molecule has 166 valence electrons. The molecule has 2 aromatic carbocycles. The van der Waals surface area contributed by atoms with Crippen LogP contribution in [-0.4, -0.2) is 23.4 Å². The van der Waals surface area contributed by atoms with Crippen LogP contribution >= 0.6 is 0 Å². The molecule has 2 N–H and O–H groups in total. The van der Waals surface area contributed by atoms with Crippen LogP contribution in [0.15, 0.2) is 67.0 Å². The number of nitrogens with zero attached hydrogens (tertiary/aromatic N) is 1. The van der Waals surface area contributed by atoms with E-state index in [9.17, 15) is 9.59 Å². The molecule has 3 rings (SSSR count). The van der Waals surface area contributed by atoms with Crippen LogP contribution in [0.25, 0.3) is 0 Å². The Morgan fingerprint density at radius 2 is 1.81 bits per heavy atom. The van der Waals surface area contributed by atoms with E-state index >= 15 is 0 Å². The summed E-state index contributed by atoms with van der Waals surface area (Å²) in [7, 11) is 0. The molecule has 0 saturated carbocycles. The topological polar surface area (TPSA) is 80.3 Å². The second-order valence-electron chi connectivity index (χ2n) is 8.67. The smallest absolute Gasteiger partial charge is 0.258 e. The van der Waals surface area contributed by atoms with Crippen LogP contribution < -0.4 is 15.4 Å². The number of aryl methyl sites for hydroxylation is 1. The number of nitrogens with one attached hydrogen (secondary N) is 2. The highest BCUT2D eigenvalue weighted by Gasteiger charge is 2.20. The summed E-state index contributed by atoms with van der Waals surface area (Å²) in [5.41, 5.74) is 4.02. The number of para-hydroxylation sites is 1. The number of hydrogen-bond acceptors (Lipinski definition) is 4. The first-order chi connectivity index (χ1) is 15.2. The first-order valence-electron chi connectivity index (χ1n) is 10.5. The average molecular weight is 432 g/mol. The normalized spacial score (nSPS) is 11.0. The Kier molecular flexibility index (Phi) is 7.25. The van der Waals surface area contributed by atoms with Gasteiger partial charge in [-0.25, -0.2) is 0 Å². The van der Waals surface area contributed by atoms with Crippen molar-refractivity contribution < 1.29 is 14.3 Å². The number of ether oxygens (including phenoxy) is 1. The van der Waals surface area contributed by atoms with Gasteiger partial charge in [0, 0.05) is 24.6 Å². The summed E-state index contributed by atoms with van der Waals surface area (Å²) in [6.45, 7) is 8.57. The molecule has 6 heteroatoms. The van der Waals surface area contributed by atoms with Crippen LogP contribution in [0.3, 0.4) is 0 Å². The predicted octanol–water partition coefficient (Wildman–Crippen LogP) is 4.64. The predicted molar refractivity (Wildman–Crippen MR) is 126 cm³/mol. The maximum Gasteiger partial charge on any atom is 0.258 e. The monoisotopic (exact) mass is 431 g/mol. The van der Waals surface area contributed by atoms with Crippen LogP contribution in [0.1, 0.15) is 47.8 Å². The molecule has 3 aromatic rings. The summed E-state index contributed by atoms with van der Waals surface area (Å²) in [5, 5.41) is 5.74. The number of hydrogen-bond donors (Lipinski definition) is 2. The standard InChI is InChI=1S/C26H29N3O3/c1-18-11-12-23(21(14-18)26(2,3)4)32-17-24(30)28-16-19-8-5-6-10-22(19)29-25(31)20-9-7-13-27-15-20/h5-15H,16-17H2,1-4H3,(H,28,30)(H,29,31). The molecule has 2 amide bonds. The summed E-state index contributed by atoms with van der Waals surface area (Å²) < 4.78 is 5.83. The van der Waals surface area contributed by atoms with Gasteiger partial charge in [0.25, 0.3) is 11.8 Å². The highest BCUT2D eigenvalue weighted by atomic mass is 16.5. The molecular weight excluding hydrogens is 402 g/mol. The Labute approximate surface area is 189 Å². The zero-order valence-corrected chi connectivity index (χ0v) is 18.9. The van der Waals surface area contributed by atoms with Gasteiger partial charge in [-0.1, -0.05) is 56.7 Å². The minimum Gasteiger partial charge on any atom is -0.483 e. The molecule has 0 bridgehead atoms. The molecule has 0 radical (unpaired) electrons. The van der Waals surface area contributed by atoms with Crippen molar-refractivity contribution in [3.63, 3.8) is 0 Å². The van der Waals surface area contributed by atoms with Crippen molar-refractivity contribution in [2.75, 3.05) is 11.9 Å². The number of pyridine rings is 1. The maximum absolute atomic E-state index is 12.4. The van der Waals surface area contributed by atoms with Gasteiger partial charge in [-0.05, 0) is 47.7 Å². The Morgan fingerprint density at radius 1 is 1.03 bits per heavy atom. The number of aromatic nitrogens is 1. The van der Waals surface area contributed by atoms with E-state index in [1.807, 2.05) is 37.3 Å². The quantitative estimate of drug-likeness (QED) is 0.571. The van der Waals surface area contributed by atoms with Crippen molar-refractivity contribution in [3.05, 3.63) is 89.2 Å². The van der Waals surface area contributed by atoms with E-state index in [4.69, 9.17) is 4.74 Å². The molecule has 0 saturated heterocycles. The highest BCUT2D eigenvalue weighted by Crippen LogP contribution is 2.32. The lowest BCUT2D eigenvalue weighted by molar-refractivity contribution is -0.123. The summed E-state index contributed by atoms with van der Waals surface area (Å²) in [6.07, 6.45) is 3.12. The Hall–Kier alpha value is -3.67. The minimum absolute atomic E-state index is 0.0870. The van der Waals surface area contributed by atoms with E-state index in [1.165, 1.54) is 6.20 Å². The zero-order valence-electron chi connectivity index (χ0n) is 18.9. The molecule has 6 nitrogen and oxygen atoms in total. The lowest BCUT2D eigenvalue weighted by atomic mass is 9.85. The van der Waals surface area contributed by atoms with Gasteiger partial charge >= 0.3 is 0 Å². The van der Waals surface area contributed by atoms with E-state index < -0.39 is 0 Å². The van der Waals surface area contributed by atoms with Crippen molar-refractivity contribution in [2.45, 2.75) is 39.7 Å². The van der Waals surface area contributed by atoms with Gasteiger partial charge in [0.15, 0.2) is 6.61 Å². The van der Waals surface area contributed by atoms with Gasteiger partial charge in [0.05, 0.1) is 5.56 Å². The average Bonchev–Trinajstić information content (AvgIpc) is 2.77. The maximum atomic E-state index is 12.4. The van der Waals surface area contributed by atoms with Crippen LogP contribution in [0, 0.1) is 6.92 Å². The number of carbonyl (C=O) groups excluding carboxylic acids is 2. The molecule has 0 aliphatic carbocycles. The molecule has 0 unspecified atom stereocenters. The fourth-order valence-corrected chi connectivity index (χ4v) is 3.23.